The molecule has 2 aromatic carbocycles. The molecule has 1 heterocycles. The van der Waals surface area contributed by atoms with Crippen LogP contribution >= 0.6 is 0 Å². The van der Waals surface area contributed by atoms with Gasteiger partial charge in [0.25, 0.3) is 0 Å². The predicted octanol–water partition coefficient (Wildman–Crippen LogP) is 2.73. The van der Waals surface area contributed by atoms with Crippen molar-refractivity contribution in [3.05, 3.63) is 54.1 Å². The Morgan fingerprint density at radius 2 is 1.71 bits per heavy atom. The summed E-state index contributed by atoms with van der Waals surface area (Å²) in [5.41, 5.74) is 2.41. The van der Waals surface area contributed by atoms with Crippen LogP contribution < -0.4 is 0 Å². The minimum absolute atomic E-state index is 0.292. The van der Waals surface area contributed by atoms with Gasteiger partial charge in [-0.1, -0.05) is 35.0 Å². The van der Waals surface area contributed by atoms with Crippen LogP contribution in [0.25, 0.3) is 11.0 Å². The lowest BCUT2D eigenvalue weighted by molar-refractivity contribution is 0.537. The number of hydrogen-bond acceptors (Lipinski definition) is 4. The summed E-state index contributed by atoms with van der Waals surface area (Å²) in [5, 5.41) is 7.19. The molecule has 1 atom stereocenters. The Morgan fingerprint density at radius 3 is 2.43 bits per heavy atom. The maximum absolute atomic E-state index is 12.7. The second-order valence-corrected chi connectivity index (χ2v) is 7.22. The maximum atomic E-state index is 12.7. The zero-order valence-electron chi connectivity index (χ0n) is 11.8. The Balaban J connectivity index is 2.08. The van der Waals surface area contributed by atoms with E-state index in [1.165, 1.54) is 4.68 Å². The van der Waals surface area contributed by atoms with Crippen molar-refractivity contribution in [2.24, 2.45) is 0 Å². The van der Waals surface area contributed by atoms with E-state index in [-0.39, 0.29) is 0 Å². The van der Waals surface area contributed by atoms with E-state index in [0.717, 1.165) is 5.56 Å². The number of benzene rings is 2. The van der Waals surface area contributed by atoms with Crippen LogP contribution in [-0.2, 0) is 9.84 Å². The molecule has 0 spiro atoms. The lowest BCUT2D eigenvalue weighted by Crippen LogP contribution is -2.18. The van der Waals surface area contributed by atoms with Crippen molar-refractivity contribution < 1.29 is 8.42 Å². The molecule has 6 heteroatoms. The lowest BCUT2D eigenvalue weighted by atomic mass is 10.2. The van der Waals surface area contributed by atoms with Gasteiger partial charge in [0.15, 0.2) is 5.37 Å². The molecule has 0 N–H and O–H groups in total. The minimum atomic E-state index is -3.51. The summed E-state index contributed by atoms with van der Waals surface area (Å²) in [6.45, 7) is 3.54. The van der Waals surface area contributed by atoms with Gasteiger partial charge in [-0.15, -0.1) is 5.10 Å². The summed E-state index contributed by atoms with van der Waals surface area (Å²) >= 11 is 0. The Morgan fingerprint density at radius 1 is 1.05 bits per heavy atom. The van der Waals surface area contributed by atoms with Gasteiger partial charge in [0.05, 0.1) is 10.4 Å². The van der Waals surface area contributed by atoms with Crippen LogP contribution in [0, 0.1) is 6.92 Å². The Bertz CT molecular complexity index is 883. The molecule has 3 rings (SSSR count). The van der Waals surface area contributed by atoms with Gasteiger partial charge in [-0.05, 0) is 38.1 Å². The number of nitrogens with zero attached hydrogens (tertiary/aromatic N) is 3. The molecule has 0 fully saturated rings. The van der Waals surface area contributed by atoms with E-state index >= 15 is 0 Å². The van der Waals surface area contributed by atoms with Crippen LogP contribution in [0.3, 0.4) is 0 Å². The van der Waals surface area contributed by atoms with Gasteiger partial charge in [-0.2, -0.15) is 0 Å². The van der Waals surface area contributed by atoms with Crippen LogP contribution in [0.15, 0.2) is 53.4 Å². The highest BCUT2D eigenvalue weighted by Crippen LogP contribution is 2.26. The van der Waals surface area contributed by atoms with Crippen molar-refractivity contribution in [3.8, 4) is 0 Å². The Kier molecular flexibility index (Phi) is 3.25. The summed E-state index contributed by atoms with van der Waals surface area (Å²) in [4.78, 5) is 0.292. The molecule has 0 amide bonds. The van der Waals surface area contributed by atoms with Gasteiger partial charge in [-0.25, -0.2) is 13.1 Å². The van der Waals surface area contributed by atoms with Gasteiger partial charge < -0.3 is 0 Å². The number of rotatable bonds is 3. The zero-order valence-corrected chi connectivity index (χ0v) is 12.6. The van der Waals surface area contributed by atoms with Gasteiger partial charge in [0, 0.05) is 0 Å². The van der Waals surface area contributed by atoms with E-state index in [1.54, 1.807) is 31.2 Å². The molecule has 0 saturated carbocycles. The van der Waals surface area contributed by atoms with Crippen molar-refractivity contribution in [3.63, 3.8) is 0 Å². The highest BCUT2D eigenvalue weighted by molar-refractivity contribution is 7.91. The van der Waals surface area contributed by atoms with Crippen LogP contribution in [0.2, 0.25) is 0 Å². The number of fused-ring (bicyclic) bond motifs is 1. The van der Waals surface area contributed by atoms with Crippen LogP contribution in [-0.4, -0.2) is 23.4 Å². The number of aryl methyl sites for hydroxylation is 1. The Labute approximate surface area is 123 Å². The topological polar surface area (TPSA) is 64.8 Å². The molecule has 1 aromatic heterocycles. The average molecular weight is 301 g/mol. The molecule has 21 heavy (non-hydrogen) atoms. The largest absolute Gasteiger partial charge is 0.226 e. The maximum Gasteiger partial charge on any atom is 0.201 e. The highest BCUT2D eigenvalue weighted by atomic mass is 32.2. The molecule has 5 nitrogen and oxygen atoms in total. The summed E-state index contributed by atoms with van der Waals surface area (Å²) in [6.07, 6.45) is 0. The molecule has 0 bridgehead atoms. The van der Waals surface area contributed by atoms with Gasteiger partial charge >= 0.3 is 0 Å². The van der Waals surface area contributed by atoms with E-state index < -0.39 is 15.2 Å². The van der Waals surface area contributed by atoms with E-state index in [2.05, 4.69) is 10.3 Å². The molecule has 3 aromatic rings. The van der Waals surface area contributed by atoms with E-state index in [0.29, 0.717) is 15.9 Å². The average Bonchev–Trinajstić information content (AvgIpc) is 2.90. The first-order valence-corrected chi connectivity index (χ1v) is 8.15. The third-order valence-corrected chi connectivity index (χ3v) is 5.55. The quantitative estimate of drug-likeness (QED) is 0.746. The van der Waals surface area contributed by atoms with Gasteiger partial charge in [0.2, 0.25) is 9.84 Å². The second-order valence-electron chi connectivity index (χ2n) is 4.98. The SMILES string of the molecule is Cc1ccc(S(=O)(=O)C(C)n2nnc3ccccc32)cc1. The van der Waals surface area contributed by atoms with Crippen molar-refractivity contribution in [2.45, 2.75) is 24.1 Å². The second kappa shape index (κ2) is 4.96. The minimum Gasteiger partial charge on any atom is -0.226 e. The molecular weight excluding hydrogens is 286 g/mol. The van der Waals surface area contributed by atoms with Crippen LogP contribution in [0.4, 0.5) is 0 Å². The molecule has 108 valence electrons. The molecular formula is C15H15N3O2S. The first-order valence-electron chi connectivity index (χ1n) is 6.60. The number of hydrogen-bond donors (Lipinski definition) is 0. The number of aromatic nitrogens is 3. The number of sulfone groups is 1. The number of para-hydroxylation sites is 1. The third-order valence-electron chi connectivity index (χ3n) is 3.52. The lowest BCUT2D eigenvalue weighted by Gasteiger charge is -2.14. The fraction of sp³-hybridized carbons (Fsp3) is 0.200. The zero-order chi connectivity index (χ0) is 15.0. The first kappa shape index (κ1) is 13.8. The van der Waals surface area contributed by atoms with Gasteiger partial charge in [0.1, 0.15) is 5.52 Å². The van der Waals surface area contributed by atoms with Crippen molar-refractivity contribution in [2.75, 3.05) is 0 Å². The Hall–Kier alpha value is -2.21. The smallest absolute Gasteiger partial charge is 0.201 e. The fourth-order valence-electron chi connectivity index (χ4n) is 2.21. The summed E-state index contributed by atoms with van der Waals surface area (Å²) < 4.78 is 26.8. The molecule has 0 aliphatic heterocycles. The van der Waals surface area contributed by atoms with Crippen molar-refractivity contribution >= 4 is 20.9 Å². The highest BCUT2D eigenvalue weighted by Gasteiger charge is 2.27. The molecule has 0 aliphatic rings. The monoisotopic (exact) mass is 301 g/mol. The fourth-order valence-corrected chi connectivity index (χ4v) is 3.54. The van der Waals surface area contributed by atoms with Gasteiger partial charge in [-0.3, -0.25) is 0 Å². The summed E-state index contributed by atoms with van der Waals surface area (Å²) in [5.74, 6) is 0. The van der Waals surface area contributed by atoms with Crippen LogP contribution in [0.5, 0.6) is 0 Å². The predicted molar refractivity (Wildman–Crippen MR) is 80.6 cm³/mol. The van der Waals surface area contributed by atoms with E-state index in [9.17, 15) is 8.42 Å². The molecule has 0 radical (unpaired) electrons. The molecule has 1 unspecified atom stereocenters. The van der Waals surface area contributed by atoms with E-state index in [1.807, 2.05) is 31.2 Å². The van der Waals surface area contributed by atoms with Crippen LogP contribution in [0.1, 0.15) is 17.9 Å². The first-order chi connectivity index (χ1) is 10.00. The summed E-state index contributed by atoms with van der Waals surface area (Å²) in [6, 6.07) is 14.1. The van der Waals surface area contributed by atoms with Crippen molar-refractivity contribution in [1.29, 1.82) is 0 Å². The third kappa shape index (κ3) is 2.31. The summed E-state index contributed by atoms with van der Waals surface area (Å²) in [7, 11) is -3.51. The molecule has 0 aliphatic carbocycles. The normalized spacial score (nSPS) is 13.4. The van der Waals surface area contributed by atoms with E-state index in [4.69, 9.17) is 0 Å². The van der Waals surface area contributed by atoms with Crippen molar-refractivity contribution in [1.82, 2.24) is 15.0 Å². The molecule has 0 saturated heterocycles. The standard InChI is InChI=1S/C15H15N3O2S/c1-11-7-9-13(10-8-11)21(19,20)12(2)18-15-6-4-3-5-14(15)16-17-18/h3-10,12H,1-2H3.